The number of thiophene rings is 1. The second-order valence-corrected chi connectivity index (χ2v) is 8.40. The summed E-state index contributed by atoms with van der Waals surface area (Å²) in [4.78, 5) is 26.1. The minimum atomic E-state index is -4.45. The average molecular weight is 446 g/mol. The number of rotatable bonds is 5. The molecule has 4 rings (SSSR count). The van der Waals surface area contributed by atoms with Gasteiger partial charge in [-0.25, -0.2) is 0 Å². The molecule has 0 aliphatic carbocycles. The number of hydrogen-bond donors (Lipinski definition) is 1. The van der Waals surface area contributed by atoms with Crippen LogP contribution >= 0.6 is 23.1 Å². The van der Waals surface area contributed by atoms with E-state index >= 15 is 0 Å². The van der Waals surface area contributed by atoms with Gasteiger partial charge >= 0.3 is 6.18 Å². The van der Waals surface area contributed by atoms with Gasteiger partial charge in [0.05, 0.1) is 21.8 Å². The number of nitrogens with zero attached hydrogens (tertiary/aromatic N) is 3. The maximum Gasteiger partial charge on any atom is 0.433 e. The first-order valence-electron chi connectivity index (χ1n) is 8.66. The molecule has 0 atom stereocenters. The molecule has 0 bridgehead atoms. The Balaban J connectivity index is 1.35. The summed E-state index contributed by atoms with van der Waals surface area (Å²) in [5, 5.41) is 3.80. The molecule has 0 aromatic carbocycles. The monoisotopic (exact) mass is 446 g/mol. The predicted octanol–water partition coefficient (Wildman–Crippen LogP) is 5.19. The Kier molecular flexibility index (Phi) is 5.69. The Morgan fingerprint density at radius 1 is 1.03 bits per heavy atom. The van der Waals surface area contributed by atoms with Crippen LogP contribution in [-0.4, -0.2) is 20.9 Å². The van der Waals surface area contributed by atoms with Crippen molar-refractivity contribution in [1.29, 1.82) is 0 Å². The van der Waals surface area contributed by atoms with Crippen molar-refractivity contribution in [2.75, 3.05) is 0 Å². The van der Waals surface area contributed by atoms with E-state index in [4.69, 9.17) is 0 Å². The number of carbonyl (C=O) groups is 1. The summed E-state index contributed by atoms with van der Waals surface area (Å²) >= 11 is 2.63. The van der Waals surface area contributed by atoms with Crippen LogP contribution in [0.15, 0.2) is 71.0 Å². The topological polar surface area (TPSA) is 67.8 Å². The van der Waals surface area contributed by atoms with Crippen LogP contribution in [0.25, 0.3) is 10.1 Å². The van der Waals surface area contributed by atoms with E-state index < -0.39 is 11.9 Å². The van der Waals surface area contributed by atoms with Crippen molar-refractivity contribution in [1.82, 2.24) is 20.3 Å². The van der Waals surface area contributed by atoms with Crippen LogP contribution in [0, 0.1) is 0 Å². The van der Waals surface area contributed by atoms with Crippen LogP contribution in [0.4, 0.5) is 13.2 Å². The molecule has 0 aliphatic heterocycles. The fourth-order valence-electron chi connectivity index (χ4n) is 2.57. The minimum Gasteiger partial charge on any atom is -0.346 e. The SMILES string of the molecule is O=C(NCc1ccc(Sc2ccc(C(F)(F)F)nc2)cn1)c1cc2ccncc2s1. The molecule has 0 radical (unpaired) electrons. The highest BCUT2D eigenvalue weighted by Crippen LogP contribution is 2.31. The van der Waals surface area contributed by atoms with E-state index in [0.717, 1.165) is 21.0 Å². The molecule has 152 valence electrons. The van der Waals surface area contributed by atoms with Crippen LogP contribution in [-0.2, 0) is 12.7 Å². The molecular formula is C20H13F3N4OS2. The van der Waals surface area contributed by atoms with Gasteiger partial charge in [-0.2, -0.15) is 13.2 Å². The highest BCUT2D eigenvalue weighted by molar-refractivity contribution is 7.99. The van der Waals surface area contributed by atoms with Gasteiger partial charge < -0.3 is 5.32 Å². The second kappa shape index (κ2) is 8.41. The van der Waals surface area contributed by atoms with Crippen molar-refractivity contribution in [2.45, 2.75) is 22.5 Å². The fourth-order valence-corrected chi connectivity index (χ4v) is 4.28. The number of pyridine rings is 3. The van der Waals surface area contributed by atoms with E-state index in [1.54, 1.807) is 30.7 Å². The standard InChI is InChI=1S/C20H13F3N4OS2/c21-20(22,23)18-4-3-15(10-26-18)29-14-2-1-13(25-9-14)8-27-19(28)16-7-12-5-6-24-11-17(12)30-16/h1-7,9-11H,8H2,(H,27,28). The van der Waals surface area contributed by atoms with Crippen molar-refractivity contribution in [3.05, 3.63) is 77.5 Å². The molecule has 0 aliphatic rings. The van der Waals surface area contributed by atoms with Gasteiger partial charge in [0.1, 0.15) is 5.69 Å². The van der Waals surface area contributed by atoms with Crippen LogP contribution < -0.4 is 5.32 Å². The number of carbonyl (C=O) groups excluding carboxylic acids is 1. The molecule has 5 nitrogen and oxygen atoms in total. The number of hydrogen-bond acceptors (Lipinski definition) is 6. The van der Waals surface area contributed by atoms with Gasteiger partial charge in [-0.1, -0.05) is 11.8 Å². The van der Waals surface area contributed by atoms with E-state index in [-0.39, 0.29) is 12.5 Å². The van der Waals surface area contributed by atoms with Crippen molar-refractivity contribution in [2.24, 2.45) is 0 Å². The smallest absolute Gasteiger partial charge is 0.346 e. The summed E-state index contributed by atoms with van der Waals surface area (Å²) in [6.45, 7) is 0.262. The Labute approximate surface area is 177 Å². The van der Waals surface area contributed by atoms with Crippen LogP contribution in [0.5, 0.6) is 0 Å². The fraction of sp³-hybridized carbons (Fsp3) is 0.100. The number of halogens is 3. The maximum absolute atomic E-state index is 12.6. The molecular weight excluding hydrogens is 433 g/mol. The summed E-state index contributed by atoms with van der Waals surface area (Å²) in [5.74, 6) is -0.188. The van der Waals surface area contributed by atoms with Crippen LogP contribution in [0.1, 0.15) is 21.1 Å². The number of amides is 1. The highest BCUT2D eigenvalue weighted by Gasteiger charge is 2.32. The maximum atomic E-state index is 12.6. The zero-order valence-electron chi connectivity index (χ0n) is 15.2. The molecule has 30 heavy (non-hydrogen) atoms. The summed E-state index contributed by atoms with van der Waals surface area (Å²) < 4.78 is 38.7. The first kappa shape index (κ1) is 20.3. The molecule has 4 heterocycles. The molecule has 0 saturated heterocycles. The average Bonchev–Trinajstić information content (AvgIpc) is 3.17. The Bertz CT molecular complexity index is 1140. The van der Waals surface area contributed by atoms with Crippen molar-refractivity contribution in [3.8, 4) is 0 Å². The molecule has 1 N–H and O–H groups in total. The van der Waals surface area contributed by atoms with Gasteiger partial charge in [0.25, 0.3) is 5.91 Å². The Morgan fingerprint density at radius 2 is 1.80 bits per heavy atom. The third kappa shape index (κ3) is 4.77. The predicted molar refractivity (Wildman–Crippen MR) is 108 cm³/mol. The van der Waals surface area contributed by atoms with Gasteiger partial charge in [-0.15, -0.1) is 11.3 Å². The summed E-state index contributed by atoms with van der Waals surface area (Å²) in [6.07, 6.45) is 1.74. The van der Waals surface area contributed by atoms with E-state index in [9.17, 15) is 18.0 Å². The van der Waals surface area contributed by atoms with E-state index in [1.807, 2.05) is 12.1 Å². The molecule has 0 saturated carbocycles. The van der Waals surface area contributed by atoms with Gasteiger partial charge in [-0.3, -0.25) is 19.7 Å². The lowest BCUT2D eigenvalue weighted by atomic mass is 10.3. The third-order valence-corrected chi connectivity index (χ3v) is 6.08. The highest BCUT2D eigenvalue weighted by atomic mass is 32.2. The van der Waals surface area contributed by atoms with E-state index in [1.165, 1.54) is 35.4 Å². The quantitative estimate of drug-likeness (QED) is 0.457. The lowest BCUT2D eigenvalue weighted by molar-refractivity contribution is -0.141. The summed E-state index contributed by atoms with van der Waals surface area (Å²) in [6, 6.07) is 9.55. The van der Waals surface area contributed by atoms with E-state index in [0.29, 0.717) is 15.5 Å². The Hall–Kier alpha value is -2.98. The number of fused-ring (bicyclic) bond motifs is 1. The number of aromatic nitrogens is 3. The largest absolute Gasteiger partial charge is 0.433 e. The molecule has 10 heteroatoms. The van der Waals surface area contributed by atoms with E-state index in [2.05, 4.69) is 20.3 Å². The normalized spacial score (nSPS) is 11.6. The minimum absolute atomic E-state index is 0.188. The van der Waals surface area contributed by atoms with Crippen LogP contribution in [0.2, 0.25) is 0 Å². The molecule has 0 spiro atoms. The molecule has 0 fully saturated rings. The zero-order valence-corrected chi connectivity index (χ0v) is 16.8. The third-order valence-electron chi connectivity index (χ3n) is 4.04. The van der Waals surface area contributed by atoms with Gasteiger partial charge in [0.2, 0.25) is 0 Å². The molecule has 4 aromatic rings. The molecule has 4 aromatic heterocycles. The van der Waals surface area contributed by atoms with Gasteiger partial charge in [0, 0.05) is 34.6 Å². The summed E-state index contributed by atoms with van der Waals surface area (Å²) in [7, 11) is 0. The van der Waals surface area contributed by atoms with Gasteiger partial charge in [0.15, 0.2) is 0 Å². The molecule has 0 unspecified atom stereocenters. The first-order chi connectivity index (χ1) is 14.4. The van der Waals surface area contributed by atoms with Crippen molar-refractivity contribution in [3.63, 3.8) is 0 Å². The second-order valence-electron chi connectivity index (χ2n) is 6.17. The number of nitrogens with one attached hydrogen (secondary N) is 1. The summed E-state index contributed by atoms with van der Waals surface area (Å²) in [5.41, 5.74) is -0.257. The van der Waals surface area contributed by atoms with Crippen molar-refractivity contribution < 1.29 is 18.0 Å². The first-order valence-corrected chi connectivity index (χ1v) is 10.3. The zero-order chi connectivity index (χ0) is 21.1. The van der Waals surface area contributed by atoms with Crippen molar-refractivity contribution >= 4 is 39.1 Å². The Morgan fingerprint density at radius 3 is 2.43 bits per heavy atom. The van der Waals surface area contributed by atoms with Crippen LogP contribution in [0.3, 0.4) is 0 Å². The lowest BCUT2D eigenvalue weighted by Gasteiger charge is -2.07. The lowest BCUT2D eigenvalue weighted by Crippen LogP contribution is -2.22. The molecule has 1 amide bonds. The van der Waals surface area contributed by atoms with Gasteiger partial charge in [-0.05, 0) is 41.8 Å². The number of alkyl halides is 3.